The smallest absolute Gasteiger partial charge is 0.321 e. The first-order chi connectivity index (χ1) is 7.86. The number of rotatable bonds is 8. The van der Waals surface area contributed by atoms with Gasteiger partial charge in [0.05, 0.1) is 0 Å². The first-order valence-electron chi connectivity index (χ1n) is 7.10. The second-order valence-corrected chi connectivity index (χ2v) is 6.91. The van der Waals surface area contributed by atoms with Crippen molar-refractivity contribution in [3.05, 3.63) is 0 Å². The van der Waals surface area contributed by atoms with Gasteiger partial charge >= 0.3 is 9.28 Å². The standard InChI is InChI=1S/C13H28O2Si/c1-3-10-14-16(15-11-4-2)12-13-8-6-5-7-9-13/h13,16H,3-12H2,1-2H3. The van der Waals surface area contributed by atoms with Crippen LogP contribution in [0.15, 0.2) is 0 Å². The van der Waals surface area contributed by atoms with E-state index in [2.05, 4.69) is 13.8 Å². The van der Waals surface area contributed by atoms with Crippen molar-refractivity contribution >= 4 is 9.28 Å². The summed E-state index contributed by atoms with van der Waals surface area (Å²) in [6.45, 7) is 6.14. The molecule has 1 rings (SSSR count). The lowest BCUT2D eigenvalue weighted by atomic mass is 9.91. The Morgan fingerprint density at radius 2 is 1.50 bits per heavy atom. The summed E-state index contributed by atoms with van der Waals surface area (Å²) < 4.78 is 11.8. The van der Waals surface area contributed by atoms with Crippen LogP contribution in [-0.4, -0.2) is 22.5 Å². The van der Waals surface area contributed by atoms with Gasteiger partial charge in [-0.1, -0.05) is 46.0 Å². The Morgan fingerprint density at radius 3 is 2.00 bits per heavy atom. The molecule has 0 bridgehead atoms. The molecule has 0 aromatic rings. The Morgan fingerprint density at radius 1 is 0.938 bits per heavy atom. The highest BCUT2D eigenvalue weighted by molar-refractivity contribution is 6.44. The molecule has 0 aromatic carbocycles. The summed E-state index contributed by atoms with van der Waals surface area (Å²) in [6.07, 6.45) is 9.34. The fourth-order valence-electron chi connectivity index (χ4n) is 2.38. The first kappa shape index (κ1) is 14.2. The van der Waals surface area contributed by atoms with Crippen LogP contribution in [0.3, 0.4) is 0 Å². The van der Waals surface area contributed by atoms with E-state index in [1.807, 2.05) is 0 Å². The van der Waals surface area contributed by atoms with Gasteiger partial charge in [0.2, 0.25) is 0 Å². The fourth-order valence-corrected chi connectivity index (χ4v) is 4.76. The molecular weight excluding hydrogens is 216 g/mol. The van der Waals surface area contributed by atoms with Gasteiger partial charge in [0.25, 0.3) is 0 Å². The predicted octanol–water partition coefficient (Wildman–Crippen LogP) is 3.64. The normalized spacial score (nSPS) is 18.2. The zero-order valence-electron chi connectivity index (χ0n) is 11.0. The van der Waals surface area contributed by atoms with E-state index >= 15 is 0 Å². The summed E-state index contributed by atoms with van der Waals surface area (Å²) in [5.74, 6) is 0.902. The summed E-state index contributed by atoms with van der Waals surface area (Å²) in [5, 5.41) is 0. The molecule has 1 saturated carbocycles. The molecule has 1 aliphatic rings. The van der Waals surface area contributed by atoms with Gasteiger partial charge in [-0.15, -0.1) is 0 Å². The van der Waals surface area contributed by atoms with E-state index in [4.69, 9.17) is 8.85 Å². The van der Waals surface area contributed by atoms with Gasteiger partial charge in [0.15, 0.2) is 0 Å². The van der Waals surface area contributed by atoms with Gasteiger partial charge in [-0.3, -0.25) is 0 Å². The van der Waals surface area contributed by atoms with Gasteiger partial charge in [-0.05, 0) is 24.8 Å². The van der Waals surface area contributed by atoms with Crippen molar-refractivity contribution < 1.29 is 8.85 Å². The van der Waals surface area contributed by atoms with E-state index in [9.17, 15) is 0 Å². The Balaban J connectivity index is 2.23. The highest BCUT2D eigenvalue weighted by Gasteiger charge is 2.21. The SMILES string of the molecule is CCCO[SiH](CC1CCCCC1)OCCC. The van der Waals surface area contributed by atoms with Crippen LogP contribution in [-0.2, 0) is 8.85 Å². The number of hydrogen-bond donors (Lipinski definition) is 0. The minimum atomic E-state index is -1.34. The molecule has 0 amide bonds. The van der Waals surface area contributed by atoms with Crippen LogP contribution >= 0.6 is 0 Å². The molecule has 0 radical (unpaired) electrons. The van der Waals surface area contributed by atoms with E-state index < -0.39 is 9.28 Å². The summed E-state index contributed by atoms with van der Waals surface area (Å²) in [5.41, 5.74) is 0. The lowest BCUT2D eigenvalue weighted by Gasteiger charge is -2.25. The van der Waals surface area contributed by atoms with E-state index in [0.717, 1.165) is 32.0 Å². The summed E-state index contributed by atoms with van der Waals surface area (Å²) in [7, 11) is -1.34. The third-order valence-electron chi connectivity index (χ3n) is 3.27. The average molecular weight is 244 g/mol. The molecule has 16 heavy (non-hydrogen) atoms. The minimum absolute atomic E-state index is 0.896. The second kappa shape index (κ2) is 9.20. The van der Waals surface area contributed by atoms with Crippen LogP contribution in [0.25, 0.3) is 0 Å². The molecule has 1 aliphatic carbocycles. The highest BCUT2D eigenvalue weighted by Crippen LogP contribution is 2.28. The van der Waals surface area contributed by atoms with Gasteiger partial charge < -0.3 is 8.85 Å². The van der Waals surface area contributed by atoms with Crippen LogP contribution < -0.4 is 0 Å². The zero-order chi connectivity index (χ0) is 11.6. The Hall–Kier alpha value is 0.137. The van der Waals surface area contributed by atoms with E-state index in [1.54, 1.807) is 0 Å². The molecule has 2 nitrogen and oxygen atoms in total. The monoisotopic (exact) mass is 244 g/mol. The molecule has 0 saturated heterocycles. The average Bonchev–Trinajstić information content (AvgIpc) is 2.34. The van der Waals surface area contributed by atoms with Crippen molar-refractivity contribution in [2.24, 2.45) is 5.92 Å². The largest absolute Gasteiger partial charge is 0.397 e. The van der Waals surface area contributed by atoms with Gasteiger partial charge in [0, 0.05) is 13.2 Å². The molecule has 0 N–H and O–H groups in total. The van der Waals surface area contributed by atoms with Crippen molar-refractivity contribution in [2.45, 2.75) is 64.8 Å². The third kappa shape index (κ3) is 6.02. The van der Waals surface area contributed by atoms with E-state index in [1.165, 1.54) is 38.1 Å². The van der Waals surface area contributed by atoms with Crippen molar-refractivity contribution in [3.63, 3.8) is 0 Å². The summed E-state index contributed by atoms with van der Waals surface area (Å²) in [4.78, 5) is 0. The van der Waals surface area contributed by atoms with Crippen LogP contribution in [0.4, 0.5) is 0 Å². The lowest BCUT2D eigenvalue weighted by molar-refractivity contribution is 0.188. The van der Waals surface area contributed by atoms with E-state index in [-0.39, 0.29) is 0 Å². The Bertz CT molecular complexity index is 150. The maximum Gasteiger partial charge on any atom is 0.321 e. The topological polar surface area (TPSA) is 18.5 Å². The lowest BCUT2D eigenvalue weighted by Crippen LogP contribution is -2.27. The zero-order valence-corrected chi connectivity index (χ0v) is 12.2. The quantitative estimate of drug-likeness (QED) is 0.607. The van der Waals surface area contributed by atoms with Crippen molar-refractivity contribution in [1.29, 1.82) is 0 Å². The summed E-state index contributed by atoms with van der Waals surface area (Å²) >= 11 is 0. The van der Waals surface area contributed by atoms with Gasteiger partial charge in [-0.2, -0.15) is 0 Å². The van der Waals surface area contributed by atoms with Crippen LogP contribution in [0, 0.1) is 5.92 Å². The Kier molecular flexibility index (Phi) is 8.16. The molecule has 1 fully saturated rings. The number of hydrogen-bond acceptors (Lipinski definition) is 2. The second-order valence-electron chi connectivity index (χ2n) is 4.91. The predicted molar refractivity (Wildman–Crippen MR) is 71.0 cm³/mol. The fraction of sp³-hybridized carbons (Fsp3) is 1.00. The van der Waals surface area contributed by atoms with Crippen molar-refractivity contribution in [1.82, 2.24) is 0 Å². The molecule has 96 valence electrons. The van der Waals surface area contributed by atoms with Crippen LogP contribution in [0.1, 0.15) is 58.8 Å². The minimum Gasteiger partial charge on any atom is -0.397 e. The van der Waals surface area contributed by atoms with Crippen molar-refractivity contribution in [2.75, 3.05) is 13.2 Å². The molecule has 0 spiro atoms. The first-order valence-corrected chi connectivity index (χ1v) is 8.86. The van der Waals surface area contributed by atoms with Crippen LogP contribution in [0.5, 0.6) is 0 Å². The third-order valence-corrected chi connectivity index (χ3v) is 5.53. The molecule has 0 aromatic heterocycles. The van der Waals surface area contributed by atoms with Gasteiger partial charge in [-0.25, -0.2) is 0 Å². The van der Waals surface area contributed by atoms with E-state index in [0.29, 0.717) is 0 Å². The molecule has 0 unspecified atom stereocenters. The maximum atomic E-state index is 5.91. The molecular formula is C13H28O2Si. The summed E-state index contributed by atoms with van der Waals surface area (Å²) in [6, 6.07) is 1.25. The molecule has 0 aliphatic heterocycles. The Labute approximate surface area is 103 Å². The highest BCUT2D eigenvalue weighted by atomic mass is 28.3. The maximum absolute atomic E-state index is 5.91. The van der Waals surface area contributed by atoms with Gasteiger partial charge in [0.1, 0.15) is 0 Å². The molecule has 0 atom stereocenters. The molecule has 0 heterocycles. The van der Waals surface area contributed by atoms with Crippen LogP contribution in [0.2, 0.25) is 6.04 Å². The van der Waals surface area contributed by atoms with Crippen molar-refractivity contribution in [3.8, 4) is 0 Å². The molecule has 3 heteroatoms.